The molecule has 3 rings (SSSR count). The minimum atomic E-state index is 0.511. The number of allylic oxidation sites excluding steroid dienone is 1. The van der Waals surface area contributed by atoms with Gasteiger partial charge in [0.1, 0.15) is 17.1 Å². The fourth-order valence-corrected chi connectivity index (χ4v) is 3.21. The maximum atomic E-state index is 6.12. The smallest absolute Gasteiger partial charge is 0.145 e. The van der Waals surface area contributed by atoms with Gasteiger partial charge in [0, 0.05) is 11.7 Å². The lowest BCUT2D eigenvalue weighted by Gasteiger charge is -2.15. The summed E-state index contributed by atoms with van der Waals surface area (Å²) < 4.78 is 2.31. The first-order valence-corrected chi connectivity index (χ1v) is 6.69. The fourth-order valence-electron chi connectivity index (χ4n) is 3.03. The van der Waals surface area contributed by atoms with Crippen LogP contribution < -0.4 is 0 Å². The molecule has 0 N–H and O–H groups in total. The van der Waals surface area contributed by atoms with E-state index in [1.165, 1.54) is 18.5 Å². The van der Waals surface area contributed by atoms with Crippen molar-refractivity contribution in [1.29, 1.82) is 0 Å². The van der Waals surface area contributed by atoms with E-state index in [4.69, 9.17) is 11.6 Å². The molecule has 1 aliphatic rings. The van der Waals surface area contributed by atoms with E-state index in [0.717, 1.165) is 17.5 Å². The quantitative estimate of drug-likeness (QED) is 0.606. The second-order valence-electron chi connectivity index (χ2n) is 5.02. The van der Waals surface area contributed by atoms with Crippen molar-refractivity contribution in [3.8, 4) is 0 Å². The third-order valence-electron chi connectivity index (χ3n) is 3.92. The summed E-state index contributed by atoms with van der Waals surface area (Å²) >= 11 is 6.12. The Balaban J connectivity index is 2.09. The standard InChI is InChI=1S/C14H16ClN3/c1-3-10-4-5-11(7-10)18-9(2)6-12-13(15)16-8-17-14(12)18/h3,6,8,10-11H,1,4-5,7H2,2H3. The van der Waals surface area contributed by atoms with Gasteiger partial charge in [-0.25, -0.2) is 9.97 Å². The molecule has 1 fully saturated rings. The average Bonchev–Trinajstić information content (AvgIpc) is 2.93. The molecule has 1 saturated carbocycles. The zero-order valence-corrected chi connectivity index (χ0v) is 11.2. The van der Waals surface area contributed by atoms with Gasteiger partial charge < -0.3 is 4.57 Å². The Bertz CT molecular complexity index is 602. The van der Waals surface area contributed by atoms with Crippen molar-refractivity contribution in [1.82, 2.24) is 14.5 Å². The molecule has 0 aliphatic heterocycles. The molecule has 4 heteroatoms. The Hall–Kier alpha value is -1.35. The molecule has 0 radical (unpaired) electrons. The van der Waals surface area contributed by atoms with Crippen molar-refractivity contribution in [3.05, 3.63) is 35.9 Å². The van der Waals surface area contributed by atoms with Gasteiger partial charge in [0.2, 0.25) is 0 Å². The molecule has 0 aromatic carbocycles. The van der Waals surface area contributed by atoms with Crippen LogP contribution in [0.1, 0.15) is 31.0 Å². The lowest BCUT2D eigenvalue weighted by molar-refractivity contribution is 0.509. The van der Waals surface area contributed by atoms with Crippen LogP contribution in [-0.2, 0) is 0 Å². The van der Waals surface area contributed by atoms with Crippen LogP contribution in [0.4, 0.5) is 0 Å². The first-order chi connectivity index (χ1) is 8.70. The van der Waals surface area contributed by atoms with E-state index in [2.05, 4.69) is 40.2 Å². The van der Waals surface area contributed by atoms with Crippen LogP contribution in [0.15, 0.2) is 25.0 Å². The van der Waals surface area contributed by atoms with Crippen molar-refractivity contribution < 1.29 is 0 Å². The summed E-state index contributed by atoms with van der Waals surface area (Å²) in [5.74, 6) is 0.629. The van der Waals surface area contributed by atoms with Crippen molar-refractivity contribution >= 4 is 22.6 Å². The number of rotatable bonds is 2. The van der Waals surface area contributed by atoms with Crippen molar-refractivity contribution in [2.75, 3.05) is 0 Å². The summed E-state index contributed by atoms with van der Waals surface area (Å²) in [5, 5.41) is 1.50. The highest BCUT2D eigenvalue weighted by Gasteiger charge is 2.26. The van der Waals surface area contributed by atoms with Crippen molar-refractivity contribution in [3.63, 3.8) is 0 Å². The van der Waals surface area contributed by atoms with Gasteiger partial charge in [-0.05, 0) is 38.2 Å². The van der Waals surface area contributed by atoms with Gasteiger partial charge in [-0.3, -0.25) is 0 Å². The zero-order valence-electron chi connectivity index (χ0n) is 10.4. The Labute approximate surface area is 111 Å². The van der Waals surface area contributed by atoms with E-state index in [-0.39, 0.29) is 0 Å². The number of hydrogen-bond donors (Lipinski definition) is 0. The van der Waals surface area contributed by atoms with Crippen LogP contribution in [0.2, 0.25) is 5.15 Å². The molecule has 3 nitrogen and oxygen atoms in total. The fraction of sp³-hybridized carbons (Fsp3) is 0.429. The van der Waals surface area contributed by atoms with Crippen LogP contribution >= 0.6 is 11.6 Å². The molecule has 0 spiro atoms. The molecule has 0 saturated heterocycles. The second-order valence-corrected chi connectivity index (χ2v) is 5.38. The van der Waals surface area contributed by atoms with Gasteiger partial charge in [-0.2, -0.15) is 0 Å². The topological polar surface area (TPSA) is 30.7 Å². The van der Waals surface area contributed by atoms with E-state index >= 15 is 0 Å². The van der Waals surface area contributed by atoms with E-state index < -0.39 is 0 Å². The van der Waals surface area contributed by atoms with Crippen molar-refractivity contribution in [2.45, 2.75) is 32.2 Å². The van der Waals surface area contributed by atoms with Crippen LogP contribution in [0.3, 0.4) is 0 Å². The number of aryl methyl sites for hydroxylation is 1. The molecule has 1 aliphatic carbocycles. The summed E-state index contributed by atoms with van der Waals surface area (Å²) in [6, 6.07) is 2.59. The Morgan fingerprint density at radius 2 is 2.28 bits per heavy atom. The Kier molecular flexibility index (Phi) is 2.86. The third-order valence-corrected chi connectivity index (χ3v) is 4.22. The summed E-state index contributed by atoms with van der Waals surface area (Å²) in [7, 11) is 0. The van der Waals surface area contributed by atoms with Gasteiger partial charge in [-0.15, -0.1) is 6.58 Å². The minimum absolute atomic E-state index is 0.511. The highest BCUT2D eigenvalue weighted by molar-refractivity contribution is 6.33. The molecule has 2 aromatic rings. The maximum absolute atomic E-state index is 6.12. The highest BCUT2D eigenvalue weighted by atomic mass is 35.5. The Morgan fingerprint density at radius 3 is 3.00 bits per heavy atom. The van der Waals surface area contributed by atoms with Crippen molar-refractivity contribution in [2.24, 2.45) is 5.92 Å². The highest BCUT2D eigenvalue weighted by Crippen LogP contribution is 2.38. The number of nitrogens with zero attached hydrogens (tertiary/aromatic N) is 3. The molecule has 2 aromatic heterocycles. The molecule has 0 amide bonds. The van der Waals surface area contributed by atoms with Crippen LogP contribution in [0.5, 0.6) is 0 Å². The monoisotopic (exact) mass is 261 g/mol. The zero-order chi connectivity index (χ0) is 12.7. The number of aromatic nitrogens is 3. The molecule has 0 bridgehead atoms. The van der Waals surface area contributed by atoms with Gasteiger partial charge >= 0.3 is 0 Å². The van der Waals surface area contributed by atoms with Gasteiger partial charge in [0.15, 0.2) is 0 Å². The second kappa shape index (κ2) is 4.39. The number of hydrogen-bond acceptors (Lipinski definition) is 2. The molecule has 2 unspecified atom stereocenters. The predicted molar refractivity (Wildman–Crippen MR) is 73.9 cm³/mol. The van der Waals surface area contributed by atoms with Gasteiger partial charge in [-0.1, -0.05) is 17.7 Å². The Morgan fingerprint density at radius 1 is 1.44 bits per heavy atom. The van der Waals surface area contributed by atoms with Crippen LogP contribution in [0.25, 0.3) is 11.0 Å². The van der Waals surface area contributed by atoms with E-state index in [1.54, 1.807) is 6.33 Å². The number of fused-ring (bicyclic) bond motifs is 1. The first-order valence-electron chi connectivity index (χ1n) is 6.31. The molecule has 18 heavy (non-hydrogen) atoms. The molecule has 94 valence electrons. The minimum Gasteiger partial charge on any atom is -0.327 e. The largest absolute Gasteiger partial charge is 0.327 e. The molecular weight excluding hydrogens is 246 g/mol. The van der Waals surface area contributed by atoms with Crippen LogP contribution in [-0.4, -0.2) is 14.5 Å². The summed E-state index contributed by atoms with van der Waals surface area (Å²) in [5.41, 5.74) is 2.17. The molecule has 2 atom stereocenters. The lowest BCUT2D eigenvalue weighted by Crippen LogP contribution is -2.07. The van der Waals surface area contributed by atoms with E-state index in [1.807, 2.05) is 0 Å². The summed E-state index contributed by atoms with van der Waals surface area (Å²) in [4.78, 5) is 8.44. The lowest BCUT2D eigenvalue weighted by atomic mass is 10.1. The van der Waals surface area contributed by atoms with E-state index in [0.29, 0.717) is 17.1 Å². The van der Waals surface area contributed by atoms with Crippen LogP contribution in [0, 0.1) is 12.8 Å². The van der Waals surface area contributed by atoms with Gasteiger partial charge in [0.05, 0.1) is 5.39 Å². The predicted octanol–water partition coefficient (Wildman–Crippen LogP) is 3.92. The number of halogens is 1. The average molecular weight is 262 g/mol. The molecule has 2 heterocycles. The molecular formula is C14H16ClN3. The normalized spacial score (nSPS) is 23.7. The third kappa shape index (κ3) is 1.74. The summed E-state index contributed by atoms with van der Waals surface area (Å²) in [6.07, 6.45) is 7.16. The van der Waals surface area contributed by atoms with Gasteiger partial charge in [0.25, 0.3) is 0 Å². The first kappa shape index (κ1) is 11.7. The maximum Gasteiger partial charge on any atom is 0.145 e. The summed E-state index contributed by atoms with van der Waals surface area (Å²) in [6.45, 7) is 6.01. The van der Waals surface area contributed by atoms with E-state index in [9.17, 15) is 0 Å². The SMILES string of the molecule is C=CC1CCC(n2c(C)cc3c(Cl)ncnc32)C1.